The zero-order chi connectivity index (χ0) is 46.2. The van der Waals surface area contributed by atoms with Crippen molar-refractivity contribution in [1.82, 2.24) is 13.7 Å². The van der Waals surface area contributed by atoms with Gasteiger partial charge >= 0.3 is 0 Å². The molecule has 0 aliphatic heterocycles. The Kier molecular flexibility index (Phi) is 9.23. The van der Waals surface area contributed by atoms with Crippen LogP contribution in [0.3, 0.4) is 0 Å². The molecule has 0 bridgehead atoms. The van der Waals surface area contributed by atoms with E-state index < -0.39 is 8.07 Å². The van der Waals surface area contributed by atoms with Crippen molar-refractivity contribution in [3.8, 4) is 28.2 Å². The molecule has 0 unspecified atom stereocenters. The van der Waals surface area contributed by atoms with Gasteiger partial charge in [-0.15, -0.1) is 0 Å². The predicted molar refractivity (Wildman–Crippen MR) is 299 cm³/mol. The molecule has 3 heterocycles. The highest BCUT2D eigenvalue weighted by Gasteiger charge is 2.41. The van der Waals surface area contributed by atoms with E-state index in [1.165, 1.54) is 91.8 Å². The summed E-state index contributed by atoms with van der Waals surface area (Å²) in [6, 6.07) is 101. The SMILES string of the molecule is c1ccc(-c2ccc3c(c2)c2ccccc2n3-c2cccc3c4ccccc4n(-c4cccc5c4c4ccccc4n5-c4ccc([Si](c5ccccc5)(c5ccccc5)c5ccccc5)cc4)c23)cc1. The van der Waals surface area contributed by atoms with Crippen LogP contribution >= 0.6 is 0 Å². The number of hydrogen-bond acceptors (Lipinski definition) is 0. The second kappa shape index (κ2) is 16.1. The summed E-state index contributed by atoms with van der Waals surface area (Å²) in [7, 11) is -2.71. The van der Waals surface area contributed by atoms with E-state index in [1.807, 2.05) is 0 Å². The third-order valence-corrected chi connectivity index (χ3v) is 19.6. The summed E-state index contributed by atoms with van der Waals surface area (Å²) in [5.74, 6) is 0. The first-order chi connectivity index (χ1) is 34.8. The lowest BCUT2D eigenvalue weighted by Gasteiger charge is -2.34. The number of benzene rings is 11. The Morgan fingerprint density at radius 3 is 1.31 bits per heavy atom. The molecular weight excluding hydrogens is 863 g/mol. The predicted octanol–water partition coefficient (Wildman–Crippen LogP) is 14.0. The highest BCUT2D eigenvalue weighted by molar-refractivity contribution is 7.19. The minimum Gasteiger partial charge on any atom is -0.309 e. The van der Waals surface area contributed by atoms with E-state index in [1.54, 1.807) is 0 Å². The van der Waals surface area contributed by atoms with Gasteiger partial charge in [-0.25, -0.2) is 0 Å². The van der Waals surface area contributed by atoms with Crippen LogP contribution in [0.1, 0.15) is 0 Å². The Morgan fingerprint density at radius 1 is 0.243 bits per heavy atom. The fourth-order valence-electron chi connectivity index (χ4n) is 11.9. The third-order valence-electron chi connectivity index (χ3n) is 14.8. The quantitative estimate of drug-likeness (QED) is 0.107. The summed E-state index contributed by atoms with van der Waals surface area (Å²) < 4.78 is 7.51. The molecule has 14 rings (SSSR count). The van der Waals surface area contributed by atoms with Crippen LogP contribution < -0.4 is 20.7 Å². The van der Waals surface area contributed by atoms with Crippen LogP contribution in [0.4, 0.5) is 0 Å². The zero-order valence-corrected chi connectivity index (χ0v) is 39.3. The van der Waals surface area contributed by atoms with Crippen LogP contribution in [0.5, 0.6) is 0 Å². The largest absolute Gasteiger partial charge is 0.309 e. The summed E-state index contributed by atoms with van der Waals surface area (Å²) >= 11 is 0. The molecule has 11 aromatic carbocycles. The normalized spacial score (nSPS) is 12.0. The molecule has 4 heteroatoms. The van der Waals surface area contributed by atoms with Gasteiger partial charge in [0.15, 0.2) is 8.07 Å². The van der Waals surface area contributed by atoms with E-state index in [2.05, 4.69) is 287 Å². The minimum absolute atomic E-state index is 1.13. The van der Waals surface area contributed by atoms with Gasteiger partial charge in [-0.2, -0.15) is 0 Å². The molecule has 3 aromatic heterocycles. The van der Waals surface area contributed by atoms with Crippen molar-refractivity contribution in [1.29, 1.82) is 0 Å². The van der Waals surface area contributed by atoms with Gasteiger partial charge in [0.1, 0.15) is 0 Å². The summed E-state index contributed by atoms with van der Waals surface area (Å²) in [6.07, 6.45) is 0. The number of aromatic nitrogens is 3. The van der Waals surface area contributed by atoms with E-state index in [-0.39, 0.29) is 0 Å². The molecule has 0 N–H and O–H groups in total. The molecule has 0 spiro atoms. The van der Waals surface area contributed by atoms with Gasteiger partial charge < -0.3 is 13.7 Å². The Hall–Kier alpha value is -8.96. The molecule has 3 nitrogen and oxygen atoms in total. The van der Waals surface area contributed by atoms with E-state index in [0.717, 1.165) is 22.6 Å². The number of hydrogen-bond donors (Lipinski definition) is 0. The Labute approximate surface area is 407 Å². The molecule has 0 radical (unpaired) electrons. The van der Waals surface area contributed by atoms with Crippen molar-refractivity contribution in [3.05, 3.63) is 273 Å². The van der Waals surface area contributed by atoms with Crippen molar-refractivity contribution >= 4 is 94.2 Å². The highest BCUT2D eigenvalue weighted by atomic mass is 28.3. The van der Waals surface area contributed by atoms with Crippen LogP contribution in [-0.4, -0.2) is 21.8 Å². The van der Waals surface area contributed by atoms with Gasteiger partial charge in [0, 0.05) is 38.0 Å². The van der Waals surface area contributed by atoms with E-state index in [0.29, 0.717) is 0 Å². The number of fused-ring (bicyclic) bond motifs is 9. The van der Waals surface area contributed by atoms with Crippen LogP contribution in [0.25, 0.3) is 93.6 Å². The van der Waals surface area contributed by atoms with Gasteiger partial charge in [0.25, 0.3) is 0 Å². The maximum Gasteiger partial charge on any atom is 0.179 e. The van der Waals surface area contributed by atoms with Crippen LogP contribution in [0.2, 0.25) is 0 Å². The van der Waals surface area contributed by atoms with Gasteiger partial charge in [0.2, 0.25) is 0 Å². The highest BCUT2D eigenvalue weighted by Crippen LogP contribution is 2.43. The first-order valence-electron chi connectivity index (χ1n) is 24.2. The summed E-state index contributed by atoms with van der Waals surface area (Å²) in [5.41, 5.74) is 12.9. The third kappa shape index (κ3) is 5.94. The van der Waals surface area contributed by atoms with Crippen LogP contribution in [-0.2, 0) is 0 Å². The standard InChI is InChI=1S/C66H45N3Si/c1-5-21-46(22-6-1)47-39-44-61-57(45-47)54-30-14-16-33-58(54)68(61)64-38-19-32-55-53-29-13-17-34-59(53)69(66(55)64)63-37-20-36-62-65(63)56-31-15-18-35-60(56)67(62)48-40-42-52(43-41-48)70(49-23-7-2-8-24-49,50-25-9-3-10-26-50)51-27-11-4-12-28-51/h1-45H. The van der Waals surface area contributed by atoms with Crippen molar-refractivity contribution in [2.24, 2.45) is 0 Å². The smallest absolute Gasteiger partial charge is 0.179 e. The van der Waals surface area contributed by atoms with Crippen LogP contribution in [0.15, 0.2) is 273 Å². The zero-order valence-electron chi connectivity index (χ0n) is 38.3. The molecule has 0 amide bonds. The van der Waals surface area contributed by atoms with E-state index >= 15 is 0 Å². The molecule has 0 saturated heterocycles. The summed E-state index contributed by atoms with van der Waals surface area (Å²) in [6.45, 7) is 0. The molecular formula is C66H45N3Si. The first-order valence-corrected chi connectivity index (χ1v) is 26.2. The summed E-state index contributed by atoms with van der Waals surface area (Å²) in [5, 5.41) is 12.8. The lowest BCUT2D eigenvalue weighted by Crippen LogP contribution is -2.74. The fourth-order valence-corrected chi connectivity index (χ4v) is 16.6. The molecule has 0 fully saturated rings. The van der Waals surface area contributed by atoms with E-state index in [4.69, 9.17) is 0 Å². The average Bonchev–Trinajstić information content (AvgIpc) is 4.08. The lowest BCUT2D eigenvalue weighted by molar-refractivity contribution is 1.14. The number of rotatable bonds is 8. The van der Waals surface area contributed by atoms with Crippen molar-refractivity contribution in [3.63, 3.8) is 0 Å². The summed E-state index contributed by atoms with van der Waals surface area (Å²) in [4.78, 5) is 0. The van der Waals surface area contributed by atoms with E-state index in [9.17, 15) is 0 Å². The van der Waals surface area contributed by atoms with Gasteiger partial charge in [-0.3, -0.25) is 0 Å². The van der Waals surface area contributed by atoms with Gasteiger partial charge in [-0.05, 0) is 92.5 Å². The number of nitrogens with zero attached hydrogens (tertiary/aromatic N) is 3. The number of para-hydroxylation sites is 4. The monoisotopic (exact) mass is 907 g/mol. The Balaban J connectivity index is 1.01. The molecule has 0 aliphatic carbocycles. The van der Waals surface area contributed by atoms with Crippen molar-refractivity contribution in [2.75, 3.05) is 0 Å². The molecule has 0 saturated carbocycles. The second-order valence-electron chi connectivity index (χ2n) is 18.4. The Morgan fingerprint density at radius 2 is 0.686 bits per heavy atom. The molecule has 14 aromatic rings. The van der Waals surface area contributed by atoms with Gasteiger partial charge in [0.05, 0.1) is 44.5 Å². The van der Waals surface area contributed by atoms with Gasteiger partial charge in [-0.1, -0.05) is 212 Å². The molecule has 328 valence electrons. The first kappa shape index (κ1) is 40.1. The molecule has 0 aliphatic rings. The van der Waals surface area contributed by atoms with Crippen LogP contribution in [0, 0.1) is 0 Å². The fraction of sp³-hybridized carbons (Fsp3) is 0. The minimum atomic E-state index is -2.71. The van der Waals surface area contributed by atoms with Crippen molar-refractivity contribution < 1.29 is 0 Å². The second-order valence-corrected chi connectivity index (χ2v) is 22.2. The maximum atomic E-state index is 2.54. The Bertz CT molecular complexity index is 4170. The van der Waals surface area contributed by atoms with Crippen molar-refractivity contribution in [2.45, 2.75) is 0 Å². The topological polar surface area (TPSA) is 14.8 Å². The molecule has 0 atom stereocenters. The lowest BCUT2D eigenvalue weighted by atomic mass is 10.0. The maximum absolute atomic E-state index is 2.71. The molecule has 70 heavy (non-hydrogen) atoms. The average molecular weight is 908 g/mol.